The minimum atomic E-state index is 0.765. The molecular formula is C20H31N. The van der Waals surface area contributed by atoms with Gasteiger partial charge in [0.25, 0.3) is 0 Å². The van der Waals surface area contributed by atoms with Crippen molar-refractivity contribution in [2.45, 2.75) is 58.8 Å². The molecule has 2 aliphatic rings. The average Bonchev–Trinajstić information content (AvgIpc) is 3.07. The molecule has 0 amide bonds. The number of rotatable bonds is 6. The van der Waals surface area contributed by atoms with Crippen molar-refractivity contribution in [1.82, 2.24) is 5.32 Å². The molecule has 0 heterocycles. The number of hydrogen-bond donors (Lipinski definition) is 1. The Morgan fingerprint density at radius 1 is 1.05 bits per heavy atom. The molecule has 0 aliphatic heterocycles. The van der Waals surface area contributed by atoms with E-state index in [0.717, 1.165) is 17.8 Å². The predicted octanol–water partition coefficient (Wildman–Crippen LogP) is 4.38. The van der Waals surface area contributed by atoms with Crippen molar-refractivity contribution < 1.29 is 0 Å². The zero-order chi connectivity index (χ0) is 14.7. The highest BCUT2D eigenvalue weighted by atomic mass is 14.9. The van der Waals surface area contributed by atoms with Crippen LogP contribution in [0.4, 0.5) is 0 Å². The van der Waals surface area contributed by atoms with Gasteiger partial charge in [0.05, 0.1) is 0 Å². The van der Waals surface area contributed by atoms with Crippen LogP contribution in [0, 0.1) is 17.8 Å². The Morgan fingerprint density at radius 3 is 2.71 bits per heavy atom. The normalized spacial score (nSPS) is 24.7. The summed E-state index contributed by atoms with van der Waals surface area (Å²) >= 11 is 0. The number of benzene rings is 1. The van der Waals surface area contributed by atoms with Gasteiger partial charge in [0.15, 0.2) is 0 Å². The molecule has 1 aromatic carbocycles. The first-order valence-corrected chi connectivity index (χ1v) is 9.04. The maximum Gasteiger partial charge on any atom is -0.00176 e. The van der Waals surface area contributed by atoms with Crippen LogP contribution in [-0.2, 0) is 19.3 Å². The third-order valence-corrected chi connectivity index (χ3v) is 5.44. The van der Waals surface area contributed by atoms with Crippen molar-refractivity contribution in [1.29, 1.82) is 0 Å². The van der Waals surface area contributed by atoms with E-state index in [0.29, 0.717) is 0 Å². The SMILES string of the molecule is CC(C)CNCC1CCCC1Cc1ccc2c(c1)CCC2. The van der Waals surface area contributed by atoms with E-state index in [9.17, 15) is 0 Å². The van der Waals surface area contributed by atoms with Crippen LogP contribution < -0.4 is 5.32 Å². The standard InChI is InChI=1S/C20H31N/c1-15(2)13-21-14-20-8-4-7-19(20)12-16-9-10-17-5-3-6-18(17)11-16/h9-11,15,19-21H,3-8,12-14H2,1-2H3. The Labute approximate surface area is 130 Å². The second-order valence-electron chi connectivity index (χ2n) is 7.66. The first kappa shape index (κ1) is 15.1. The Kier molecular flexibility index (Phi) is 5.00. The third kappa shape index (κ3) is 3.88. The van der Waals surface area contributed by atoms with Crippen LogP contribution in [0.2, 0.25) is 0 Å². The molecule has 2 atom stereocenters. The van der Waals surface area contributed by atoms with Gasteiger partial charge in [0, 0.05) is 0 Å². The lowest BCUT2D eigenvalue weighted by molar-refractivity contribution is 0.357. The fraction of sp³-hybridized carbons (Fsp3) is 0.700. The van der Waals surface area contributed by atoms with E-state index in [4.69, 9.17) is 0 Å². The van der Waals surface area contributed by atoms with E-state index in [1.54, 1.807) is 16.7 Å². The first-order valence-electron chi connectivity index (χ1n) is 9.04. The lowest BCUT2D eigenvalue weighted by atomic mass is 9.88. The van der Waals surface area contributed by atoms with E-state index >= 15 is 0 Å². The van der Waals surface area contributed by atoms with Gasteiger partial charge in [-0.1, -0.05) is 38.5 Å². The summed E-state index contributed by atoms with van der Waals surface area (Å²) in [4.78, 5) is 0. The lowest BCUT2D eigenvalue weighted by Crippen LogP contribution is -2.29. The van der Waals surface area contributed by atoms with Crippen molar-refractivity contribution in [3.8, 4) is 0 Å². The summed E-state index contributed by atoms with van der Waals surface area (Å²) < 4.78 is 0. The molecule has 2 unspecified atom stereocenters. The molecule has 1 aromatic rings. The Hall–Kier alpha value is -0.820. The molecule has 1 saturated carbocycles. The van der Waals surface area contributed by atoms with Gasteiger partial charge in [-0.05, 0) is 86.1 Å². The quantitative estimate of drug-likeness (QED) is 0.818. The maximum atomic E-state index is 3.68. The Bertz CT molecular complexity index is 463. The van der Waals surface area contributed by atoms with Crippen LogP contribution in [0.1, 0.15) is 56.2 Å². The minimum Gasteiger partial charge on any atom is -0.316 e. The van der Waals surface area contributed by atoms with Gasteiger partial charge in [-0.25, -0.2) is 0 Å². The van der Waals surface area contributed by atoms with Crippen LogP contribution in [0.25, 0.3) is 0 Å². The molecule has 116 valence electrons. The van der Waals surface area contributed by atoms with Crippen molar-refractivity contribution in [2.75, 3.05) is 13.1 Å². The van der Waals surface area contributed by atoms with E-state index in [-0.39, 0.29) is 0 Å². The topological polar surface area (TPSA) is 12.0 Å². The van der Waals surface area contributed by atoms with Crippen LogP contribution in [0.15, 0.2) is 18.2 Å². The van der Waals surface area contributed by atoms with Gasteiger partial charge in [-0.15, -0.1) is 0 Å². The van der Waals surface area contributed by atoms with E-state index in [1.165, 1.54) is 58.0 Å². The highest BCUT2D eigenvalue weighted by Gasteiger charge is 2.27. The van der Waals surface area contributed by atoms with Crippen molar-refractivity contribution in [2.24, 2.45) is 17.8 Å². The number of fused-ring (bicyclic) bond motifs is 1. The van der Waals surface area contributed by atoms with Gasteiger partial charge in [0.1, 0.15) is 0 Å². The second kappa shape index (κ2) is 6.96. The van der Waals surface area contributed by atoms with Gasteiger partial charge >= 0.3 is 0 Å². The highest BCUT2D eigenvalue weighted by molar-refractivity contribution is 5.35. The molecule has 1 heteroatoms. The molecule has 1 fully saturated rings. The van der Waals surface area contributed by atoms with Crippen LogP contribution in [0.5, 0.6) is 0 Å². The molecule has 0 radical (unpaired) electrons. The molecule has 1 nitrogen and oxygen atoms in total. The predicted molar refractivity (Wildman–Crippen MR) is 90.7 cm³/mol. The van der Waals surface area contributed by atoms with Crippen LogP contribution >= 0.6 is 0 Å². The van der Waals surface area contributed by atoms with E-state index < -0.39 is 0 Å². The van der Waals surface area contributed by atoms with Gasteiger partial charge in [-0.3, -0.25) is 0 Å². The summed E-state index contributed by atoms with van der Waals surface area (Å²) in [6.45, 7) is 6.99. The van der Waals surface area contributed by atoms with Crippen molar-refractivity contribution in [3.05, 3.63) is 34.9 Å². The molecule has 3 rings (SSSR count). The zero-order valence-electron chi connectivity index (χ0n) is 13.8. The Morgan fingerprint density at radius 2 is 1.86 bits per heavy atom. The summed E-state index contributed by atoms with van der Waals surface area (Å²) in [7, 11) is 0. The summed E-state index contributed by atoms with van der Waals surface area (Å²) in [6.07, 6.45) is 9.59. The van der Waals surface area contributed by atoms with Crippen molar-refractivity contribution in [3.63, 3.8) is 0 Å². The third-order valence-electron chi connectivity index (χ3n) is 5.44. The fourth-order valence-corrected chi connectivity index (χ4v) is 4.26. The monoisotopic (exact) mass is 285 g/mol. The number of nitrogens with one attached hydrogen (secondary N) is 1. The van der Waals surface area contributed by atoms with Crippen molar-refractivity contribution >= 4 is 0 Å². The van der Waals surface area contributed by atoms with Crippen LogP contribution in [-0.4, -0.2) is 13.1 Å². The number of hydrogen-bond acceptors (Lipinski definition) is 1. The summed E-state index contributed by atoms with van der Waals surface area (Å²) in [5, 5.41) is 3.68. The first-order chi connectivity index (χ1) is 10.2. The summed E-state index contributed by atoms with van der Waals surface area (Å²) in [5.41, 5.74) is 4.84. The molecular weight excluding hydrogens is 254 g/mol. The second-order valence-corrected chi connectivity index (χ2v) is 7.66. The number of aryl methyl sites for hydroxylation is 2. The molecule has 21 heavy (non-hydrogen) atoms. The lowest BCUT2D eigenvalue weighted by Gasteiger charge is -2.21. The molecule has 0 aromatic heterocycles. The molecule has 1 N–H and O–H groups in total. The average molecular weight is 285 g/mol. The zero-order valence-corrected chi connectivity index (χ0v) is 13.8. The summed E-state index contributed by atoms with van der Waals surface area (Å²) in [5.74, 6) is 2.57. The molecule has 0 saturated heterocycles. The van der Waals surface area contributed by atoms with Gasteiger partial charge in [0.2, 0.25) is 0 Å². The van der Waals surface area contributed by atoms with Gasteiger partial charge < -0.3 is 5.32 Å². The molecule has 2 aliphatic carbocycles. The Balaban J connectivity index is 1.56. The fourth-order valence-electron chi connectivity index (χ4n) is 4.26. The van der Waals surface area contributed by atoms with E-state index in [1.807, 2.05) is 0 Å². The largest absolute Gasteiger partial charge is 0.316 e. The van der Waals surface area contributed by atoms with Crippen LogP contribution in [0.3, 0.4) is 0 Å². The molecule has 0 bridgehead atoms. The highest BCUT2D eigenvalue weighted by Crippen LogP contribution is 2.34. The van der Waals surface area contributed by atoms with Gasteiger partial charge in [-0.2, -0.15) is 0 Å². The smallest absolute Gasteiger partial charge is 0.00176 e. The van der Waals surface area contributed by atoms with E-state index in [2.05, 4.69) is 37.4 Å². The summed E-state index contributed by atoms with van der Waals surface area (Å²) in [6, 6.07) is 7.32. The minimum absolute atomic E-state index is 0.765. The molecule has 0 spiro atoms. The maximum absolute atomic E-state index is 3.68.